The van der Waals surface area contributed by atoms with Gasteiger partial charge in [-0.25, -0.2) is 9.97 Å². The number of amides is 1. The van der Waals surface area contributed by atoms with Crippen molar-refractivity contribution < 1.29 is 9.53 Å². The molecule has 0 unspecified atom stereocenters. The van der Waals surface area contributed by atoms with Gasteiger partial charge in [0.25, 0.3) is 5.91 Å². The van der Waals surface area contributed by atoms with Gasteiger partial charge in [0, 0.05) is 18.8 Å². The normalized spacial score (nSPS) is 14.6. The molecule has 0 radical (unpaired) electrons. The van der Waals surface area contributed by atoms with Crippen LogP contribution in [0.15, 0.2) is 30.6 Å². The lowest BCUT2D eigenvalue weighted by Crippen LogP contribution is -2.36. The lowest BCUT2D eigenvalue weighted by atomic mass is 10.1. The fourth-order valence-electron chi connectivity index (χ4n) is 2.47. The molecule has 2 aromatic rings. The van der Waals surface area contributed by atoms with Crippen LogP contribution in [0.1, 0.15) is 21.6 Å². The molecule has 0 bridgehead atoms. The van der Waals surface area contributed by atoms with Crippen LogP contribution in [0.25, 0.3) is 0 Å². The molecule has 1 aliphatic rings. The fraction of sp³-hybridized carbons (Fsp3) is 0.353. The molecule has 0 atom stereocenters. The van der Waals surface area contributed by atoms with Crippen molar-refractivity contribution in [2.24, 2.45) is 0 Å². The van der Waals surface area contributed by atoms with E-state index in [2.05, 4.69) is 20.2 Å². The van der Waals surface area contributed by atoms with E-state index in [1.54, 1.807) is 6.20 Å². The predicted molar refractivity (Wildman–Crippen MR) is 88.9 cm³/mol. The minimum atomic E-state index is -0.250. The smallest absolute Gasteiger partial charge is 0.275 e. The number of ether oxygens (including phenoxy) is 1. The molecule has 6 nitrogen and oxygen atoms in total. The third-order valence-electron chi connectivity index (χ3n) is 4.06. The van der Waals surface area contributed by atoms with Crippen LogP contribution in [-0.2, 0) is 4.74 Å². The summed E-state index contributed by atoms with van der Waals surface area (Å²) in [6.45, 7) is 6.97. The Hall–Kier alpha value is -2.47. The quantitative estimate of drug-likeness (QED) is 0.941. The summed E-state index contributed by atoms with van der Waals surface area (Å²) in [5.74, 6) is 0.524. The van der Waals surface area contributed by atoms with Gasteiger partial charge in [0.2, 0.25) is 0 Å². The molecule has 23 heavy (non-hydrogen) atoms. The molecule has 1 aromatic carbocycles. The Bertz CT molecular complexity index is 694. The Kier molecular flexibility index (Phi) is 4.52. The predicted octanol–water partition coefficient (Wildman–Crippen LogP) is 2.18. The molecular formula is C17H20N4O2. The maximum absolute atomic E-state index is 12.3. The number of carbonyl (C=O) groups excluding carboxylic acids is 1. The van der Waals surface area contributed by atoms with Gasteiger partial charge in [-0.05, 0) is 31.0 Å². The van der Waals surface area contributed by atoms with Crippen LogP contribution in [0.3, 0.4) is 0 Å². The highest BCUT2D eigenvalue weighted by atomic mass is 16.5. The second-order valence-corrected chi connectivity index (χ2v) is 5.56. The average Bonchev–Trinajstić information content (AvgIpc) is 2.60. The number of rotatable bonds is 3. The van der Waals surface area contributed by atoms with E-state index in [4.69, 9.17) is 4.74 Å². The Balaban J connectivity index is 1.71. The number of benzene rings is 1. The molecule has 1 N–H and O–H groups in total. The van der Waals surface area contributed by atoms with Gasteiger partial charge in [-0.1, -0.05) is 12.1 Å². The maximum atomic E-state index is 12.3. The van der Waals surface area contributed by atoms with Crippen LogP contribution in [0.2, 0.25) is 0 Å². The van der Waals surface area contributed by atoms with Crippen LogP contribution in [0.4, 0.5) is 11.5 Å². The summed E-state index contributed by atoms with van der Waals surface area (Å²) in [6, 6.07) is 5.82. The van der Waals surface area contributed by atoms with Gasteiger partial charge in [-0.2, -0.15) is 0 Å². The van der Waals surface area contributed by atoms with Gasteiger partial charge in [0.1, 0.15) is 11.5 Å². The molecule has 0 aliphatic carbocycles. The van der Waals surface area contributed by atoms with Crippen molar-refractivity contribution in [2.75, 3.05) is 36.5 Å². The van der Waals surface area contributed by atoms with Crippen LogP contribution >= 0.6 is 0 Å². The Labute approximate surface area is 135 Å². The molecule has 1 aliphatic heterocycles. The van der Waals surface area contributed by atoms with Crippen LogP contribution in [0, 0.1) is 13.8 Å². The van der Waals surface area contributed by atoms with Gasteiger partial charge in [0.15, 0.2) is 0 Å². The molecule has 2 heterocycles. The summed E-state index contributed by atoms with van der Waals surface area (Å²) in [5.41, 5.74) is 3.30. The van der Waals surface area contributed by atoms with Crippen molar-refractivity contribution in [3.05, 3.63) is 47.4 Å². The molecule has 1 fully saturated rings. The first kappa shape index (κ1) is 15.4. The third kappa shape index (κ3) is 3.48. The highest BCUT2D eigenvalue weighted by Gasteiger charge is 2.15. The topological polar surface area (TPSA) is 67.4 Å². The lowest BCUT2D eigenvalue weighted by Gasteiger charge is -2.27. The number of morpholine rings is 1. The number of anilines is 2. The number of aromatic nitrogens is 2. The largest absolute Gasteiger partial charge is 0.378 e. The average molecular weight is 312 g/mol. The number of hydrogen-bond donors (Lipinski definition) is 1. The van der Waals surface area contributed by atoms with Gasteiger partial charge in [-0.15, -0.1) is 0 Å². The number of nitrogens with zero attached hydrogens (tertiary/aromatic N) is 3. The monoisotopic (exact) mass is 312 g/mol. The molecule has 0 saturated carbocycles. The van der Waals surface area contributed by atoms with Gasteiger partial charge in [0.05, 0.1) is 25.6 Å². The van der Waals surface area contributed by atoms with E-state index in [0.717, 1.165) is 35.7 Å². The van der Waals surface area contributed by atoms with E-state index >= 15 is 0 Å². The van der Waals surface area contributed by atoms with Gasteiger partial charge < -0.3 is 15.0 Å². The number of nitrogens with one attached hydrogen (secondary N) is 1. The SMILES string of the molecule is Cc1cccc(NC(=O)c2cnc(N3CCOCC3)cn2)c1C. The summed E-state index contributed by atoms with van der Waals surface area (Å²) < 4.78 is 5.32. The van der Waals surface area contributed by atoms with Gasteiger partial charge in [-0.3, -0.25) is 4.79 Å². The van der Waals surface area contributed by atoms with Crippen molar-refractivity contribution >= 4 is 17.4 Å². The zero-order chi connectivity index (χ0) is 16.2. The minimum Gasteiger partial charge on any atom is -0.378 e. The number of carbonyl (C=O) groups is 1. The molecule has 3 rings (SSSR count). The second kappa shape index (κ2) is 6.75. The van der Waals surface area contributed by atoms with E-state index in [1.807, 2.05) is 32.0 Å². The molecule has 6 heteroatoms. The Morgan fingerprint density at radius 1 is 1.17 bits per heavy atom. The molecule has 120 valence electrons. The molecule has 0 spiro atoms. The summed E-state index contributed by atoms with van der Waals surface area (Å²) in [4.78, 5) is 23.0. The first-order valence-corrected chi connectivity index (χ1v) is 7.67. The van der Waals surface area contributed by atoms with E-state index in [9.17, 15) is 4.79 Å². The first-order valence-electron chi connectivity index (χ1n) is 7.67. The second-order valence-electron chi connectivity index (χ2n) is 5.56. The summed E-state index contributed by atoms with van der Waals surface area (Å²) in [5, 5.41) is 2.89. The zero-order valence-corrected chi connectivity index (χ0v) is 13.4. The van der Waals surface area contributed by atoms with Crippen molar-refractivity contribution in [2.45, 2.75) is 13.8 Å². The summed E-state index contributed by atoms with van der Waals surface area (Å²) in [7, 11) is 0. The van der Waals surface area contributed by atoms with Crippen LogP contribution < -0.4 is 10.2 Å². The third-order valence-corrected chi connectivity index (χ3v) is 4.06. The minimum absolute atomic E-state index is 0.250. The first-order chi connectivity index (χ1) is 11.1. The summed E-state index contributed by atoms with van der Waals surface area (Å²) in [6.07, 6.45) is 3.16. The fourth-order valence-corrected chi connectivity index (χ4v) is 2.47. The molecule has 1 amide bonds. The number of aryl methyl sites for hydroxylation is 1. The van der Waals surface area contributed by atoms with E-state index in [-0.39, 0.29) is 5.91 Å². The van der Waals surface area contributed by atoms with E-state index in [1.165, 1.54) is 6.20 Å². The Morgan fingerprint density at radius 3 is 2.65 bits per heavy atom. The number of hydrogen-bond acceptors (Lipinski definition) is 5. The zero-order valence-electron chi connectivity index (χ0n) is 13.4. The molecular weight excluding hydrogens is 292 g/mol. The maximum Gasteiger partial charge on any atom is 0.275 e. The van der Waals surface area contributed by atoms with E-state index in [0.29, 0.717) is 18.9 Å². The van der Waals surface area contributed by atoms with Crippen LogP contribution in [0.5, 0.6) is 0 Å². The van der Waals surface area contributed by atoms with E-state index < -0.39 is 0 Å². The highest BCUT2D eigenvalue weighted by Crippen LogP contribution is 2.19. The standard InChI is InChI=1S/C17H20N4O2/c1-12-4-3-5-14(13(12)2)20-17(22)15-10-19-16(11-18-15)21-6-8-23-9-7-21/h3-5,10-11H,6-9H2,1-2H3,(H,20,22). The molecule has 1 aromatic heterocycles. The van der Waals surface area contributed by atoms with Crippen LogP contribution in [-0.4, -0.2) is 42.2 Å². The molecule has 1 saturated heterocycles. The van der Waals surface area contributed by atoms with Crippen molar-refractivity contribution in [3.8, 4) is 0 Å². The van der Waals surface area contributed by atoms with Crippen molar-refractivity contribution in [1.29, 1.82) is 0 Å². The lowest BCUT2D eigenvalue weighted by molar-refractivity contribution is 0.102. The highest BCUT2D eigenvalue weighted by molar-refractivity contribution is 6.03. The Morgan fingerprint density at radius 2 is 1.96 bits per heavy atom. The van der Waals surface area contributed by atoms with Crippen molar-refractivity contribution in [3.63, 3.8) is 0 Å². The van der Waals surface area contributed by atoms with Crippen molar-refractivity contribution in [1.82, 2.24) is 9.97 Å². The summed E-state index contributed by atoms with van der Waals surface area (Å²) >= 11 is 0. The van der Waals surface area contributed by atoms with Gasteiger partial charge >= 0.3 is 0 Å².